The zero-order valence-corrected chi connectivity index (χ0v) is 12.0. The quantitative estimate of drug-likeness (QED) is 0.673. The van der Waals surface area contributed by atoms with Gasteiger partial charge in [-0.1, -0.05) is 13.8 Å². The van der Waals surface area contributed by atoms with E-state index in [1.807, 2.05) is 19.1 Å². The molecule has 2 aromatic rings. The van der Waals surface area contributed by atoms with Crippen LogP contribution < -0.4 is 5.32 Å². The number of pyridine rings is 1. The number of benzene rings is 1. The third-order valence-corrected chi connectivity index (χ3v) is 3.46. The first-order valence-electron chi connectivity index (χ1n) is 7.49. The molecule has 0 unspecified atom stereocenters. The summed E-state index contributed by atoms with van der Waals surface area (Å²) in [6.45, 7) is 11.7. The SMILES string of the molecule is [2H]Cc1cc2nc(CC)c([N+]#[C-])c(NC[B])c2cc1CC. The Hall–Kier alpha value is -2.02. The Morgan fingerprint density at radius 3 is 2.75 bits per heavy atom. The number of nitrogens with one attached hydrogen (secondary N) is 1. The molecule has 0 bridgehead atoms. The summed E-state index contributed by atoms with van der Waals surface area (Å²) >= 11 is 0. The van der Waals surface area contributed by atoms with Crippen LogP contribution in [0.15, 0.2) is 12.1 Å². The molecule has 0 saturated heterocycles. The molecule has 2 radical (unpaired) electrons. The molecule has 0 saturated carbocycles. The van der Waals surface area contributed by atoms with Crippen LogP contribution in [-0.2, 0) is 12.8 Å². The zero-order chi connectivity index (χ0) is 15.4. The van der Waals surface area contributed by atoms with Crippen LogP contribution in [0.2, 0.25) is 0 Å². The molecular formula is C16H18BN3. The lowest BCUT2D eigenvalue weighted by Gasteiger charge is -2.15. The fraction of sp³-hybridized carbons (Fsp3) is 0.375. The molecule has 1 heterocycles. The number of nitrogens with zero attached hydrogens (tertiary/aromatic N) is 2. The molecule has 1 aromatic heterocycles. The number of aryl methyl sites for hydroxylation is 3. The smallest absolute Gasteiger partial charge is 0.231 e. The van der Waals surface area contributed by atoms with Gasteiger partial charge < -0.3 is 5.32 Å². The number of hydrogen-bond acceptors (Lipinski definition) is 2. The zero-order valence-electron chi connectivity index (χ0n) is 13.0. The van der Waals surface area contributed by atoms with Gasteiger partial charge in [-0.15, -0.1) is 0 Å². The molecule has 0 amide bonds. The second-order valence-electron chi connectivity index (χ2n) is 4.62. The van der Waals surface area contributed by atoms with Gasteiger partial charge in [0.1, 0.15) is 0 Å². The van der Waals surface area contributed by atoms with Gasteiger partial charge in [0.05, 0.1) is 19.9 Å². The average molecular weight is 264 g/mol. The maximum Gasteiger partial charge on any atom is 0.231 e. The Kier molecular flexibility index (Phi) is 3.87. The molecule has 1 aromatic carbocycles. The van der Waals surface area contributed by atoms with Gasteiger partial charge in [0.15, 0.2) is 0 Å². The van der Waals surface area contributed by atoms with Crippen LogP contribution in [0.25, 0.3) is 15.7 Å². The summed E-state index contributed by atoms with van der Waals surface area (Å²) in [5.41, 5.74) is 5.04. The summed E-state index contributed by atoms with van der Waals surface area (Å²) in [6, 6.07) is 4.01. The van der Waals surface area contributed by atoms with Crippen molar-refractivity contribution in [2.45, 2.75) is 33.6 Å². The second-order valence-corrected chi connectivity index (χ2v) is 4.62. The van der Waals surface area contributed by atoms with Crippen LogP contribution in [0.4, 0.5) is 11.4 Å². The molecule has 100 valence electrons. The van der Waals surface area contributed by atoms with E-state index in [2.05, 4.69) is 22.1 Å². The topological polar surface area (TPSA) is 29.3 Å². The van der Waals surface area contributed by atoms with Crippen molar-refractivity contribution in [3.05, 3.63) is 40.4 Å². The van der Waals surface area contributed by atoms with Crippen molar-refractivity contribution in [1.82, 2.24) is 4.98 Å². The van der Waals surface area contributed by atoms with Gasteiger partial charge in [0.2, 0.25) is 5.69 Å². The minimum atomic E-state index is 0.243. The Balaban J connectivity index is 2.86. The highest BCUT2D eigenvalue weighted by Crippen LogP contribution is 2.36. The summed E-state index contributed by atoms with van der Waals surface area (Å²) in [4.78, 5) is 8.25. The van der Waals surface area contributed by atoms with Crippen molar-refractivity contribution in [3.8, 4) is 0 Å². The molecule has 20 heavy (non-hydrogen) atoms. The van der Waals surface area contributed by atoms with E-state index < -0.39 is 0 Å². The van der Waals surface area contributed by atoms with E-state index in [1.165, 1.54) is 0 Å². The lowest BCUT2D eigenvalue weighted by atomic mass is 10.00. The van der Waals surface area contributed by atoms with Crippen molar-refractivity contribution >= 4 is 30.1 Å². The lowest BCUT2D eigenvalue weighted by Crippen LogP contribution is -2.04. The molecule has 1 N–H and O–H groups in total. The lowest BCUT2D eigenvalue weighted by molar-refractivity contribution is 1.06. The summed E-state index contributed by atoms with van der Waals surface area (Å²) in [6.07, 6.45) is 1.82. The van der Waals surface area contributed by atoms with Crippen LogP contribution in [-0.4, -0.2) is 19.3 Å². The Morgan fingerprint density at radius 1 is 1.40 bits per heavy atom. The van der Waals surface area contributed by atoms with E-state index in [4.69, 9.17) is 15.8 Å². The highest BCUT2D eigenvalue weighted by atomic mass is 14.9. The van der Waals surface area contributed by atoms with Crippen molar-refractivity contribution in [2.75, 3.05) is 11.8 Å². The van der Waals surface area contributed by atoms with Crippen molar-refractivity contribution in [3.63, 3.8) is 0 Å². The van der Waals surface area contributed by atoms with E-state index in [9.17, 15) is 0 Å². The maximum absolute atomic E-state index is 7.66. The highest BCUT2D eigenvalue weighted by molar-refractivity contribution is 6.11. The molecule has 0 spiro atoms. The summed E-state index contributed by atoms with van der Waals surface area (Å²) in [5, 5.41) is 4.03. The Bertz CT molecular complexity index is 707. The van der Waals surface area contributed by atoms with Crippen LogP contribution in [0, 0.1) is 13.5 Å². The second kappa shape index (κ2) is 5.96. The first-order valence-corrected chi connectivity index (χ1v) is 6.79. The summed E-state index contributed by atoms with van der Waals surface area (Å²) < 4.78 is 7.66. The van der Waals surface area contributed by atoms with E-state index in [-0.39, 0.29) is 13.3 Å². The molecule has 4 heteroatoms. The largest absolute Gasteiger partial charge is 0.402 e. The van der Waals surface area contributed by atoms with Gasteiger partial charge in [0, 0.05) is 18.1 Å². The van der Waals surface area contributed by atoms with Crippen LogP contribution in [0.3, 0.4) is 0 Å². The molecule has 0 aliphatic carbocycles. The third-order valence-electron chi connectivity index (χ3n) is 3.46. The number of anilines is 1. The standard InChI is InChI=1S/C16H18BN3/c1-5-11-8-12-14(7-10(11)3)20-13(6-2)16(18-4)15(12)19-9-17/h7-8H,5-6,9H2,1-3H3,(H,19,20)/i3D. The van der Waals surface area contributed by atoms with Crippen LogP contribution in [0.1, 0.15) is 32.0 Å². The molecule has 0 atom stereocenters. The predicted molar refractivity (Wildman–Crippen MR) is 85.7 cm³/mol. The fourth-order valence-electron chi connectivity index (χ4n) is 2.42. The molecule has 0 fully saturated rings. The average Bonchev–Trinajstić information content (AvgIpc) is 2.53. The number of aromatic nitrogens is 1. The van der Waals surface area contributed by atoms with Gasteiger partial charge in [-0.3, -0.25) is 4.98 Å². The Labute approximate surface area is 123 Å². The van der Waals surface area contributed by atoms with E-state index >= 15 is 0 Å². The third kappa shape index (κ3) is 2.36. The highest BCUT2D eigenvalue weighted by Gasteiger charge is 2.14. The molecule has 2 rings (SSSR count). The van der Waals surface area contributed by atoms with Gasteiger partial charge in [-0.25, -0.2) is 4.85 Å². The van der Waals surface area contributed by atoms with Gasteiger partial charge in [-0.05, 0) is 49.4 Å². The Morgan fingerprint density at radius 2 is 2.20 bits per heavy atom. The van der Waals surface area contributed by atoms with Crippen molar-refractivity contribution in [2.24, 2.45) is 0 Å². The van der Waals surface area contributed by atoms with E-state index in [1.54, 1.807) is 0 Å². The normalized spacial score (nSPS) is 11.2. The number of fused-ring (bicyclic) bond motifs is 1. The van der Waals surface area contributed by atoms with Gasteiger partial charge in [-0.2, -0.15) is 0 Å². The first kappa shape index (κ1) is 13.0. The summed E-state index contributed by atoms with van der Waals surface area (Å²) in [7, 11) is 5.63. The van der Waals surface area contributed by atoms with Crippen molar-refractivity contribution < 1.29 is 1.37 Å². The van der Waals surface area contributed by atoms with Crippen molar-refractivity contribution in [1.29, 1.82) is 0 Å². The minimum absolute atomic E-state index is 0.243. The first-order chi connectivity index (χ1) is 10.2. The summed E-state index contributed by atoms with van der Waals surface area (Å²) in [5.74, 6) is 0. The molecular weight excluding hydrogens is 245 g/mol. The molecule has 0 aliphatic rings. The predicted octanol–water partition coefficient (Wildman–Crippen LogP) is 3.76. The monoisotopic (exact) mass is 264 g/mol. The fourth-order valence-corrected chi connectivity index (χ4v) is 2.42. The van der Waals surface area contributed by atoms with E-state index in [0.717, 1.165) is 39.8 Å². The van der Waals surface area contributed by atoms with Crippen LogP contribution >= 0.6 is 0 Å². The number of hydrogen-bond donors (Lipinski definition) is 1. The minimum Gasteiger partial charge on any atom is -0.402 e. The molecule has 0 aliphatic heterocycles. The van der Waals surface area contributed by atoms with Gasteiger partial charge in [0.25, 0.3) is 0 Å². The van der Waals surface area contributed by atoms with E-state index in [0.29, 0.717) is 12.1 Å². The van der Waals surface area contributed by atoms with Crippen LogP contribution in [0.5, 0.6) is 0 Å². The maximum atomic E-state index is 7.66. The molecule has 3 nitrogen and oxygen atoms in total. The van der Waals surface area contributed by atoms with Gasteiger partial charge >= 0.3 is 0 Å². The number of rotatable bonds is 4.